The number of benzene rings is 2. The van der Waals surface area contributed by atoms with Crippen molar-refractivity contribution in [1.29, 1.82) is 0 Å². The Morgan fingerprint density at radius 2 is 1.71 bits per heavy atom. The molecule has 2 aromatic carbocycles. The number of nitrogens with one attached hydrogen (secondary N) is 1. The van der Waals surface area contributed by atoms with E-state index in [4.69, 9.17) is 0 Å². The lowest BCUT2D eigenvalue weighted by Gasteiger charge is -2.33. The highest BCUT2D eigenvalue weighted by Gasteiger charge is 2.29. The molecule has 2 amide bonds. The Kier molecular flexibility index (Phi) is 8.85. The van der Waals surface area contributed by atoms with Crippen molar-refractivity contribution < 1.29 is 18.0 Å². The Morgan fingerprint density at radius 1 is 1.06 bits per heavy atom. The minimum absolute atomic E-state index is 0.0433. The maximum Gasteiger partial charge on any atom is 0.243 e. The molecule has 7 nitrogen and oxygen atoms in total. The molecule has 1 fully saturated rings. The van der Waals surface area contributed by atoms with E-state index in [0.717, 1.165) is 24.0 Å². The van der Waals surface area contributed by atoms with Crippen LogP contribution < -0.4 is 5.32 Å². The smallest absolute Gasteiger partial charge is 0.243 e. The van der Waals surface area contributed by atoms with Crippen molar-refractivity contribution >= 4 is 21.8 Å². The molecule has 1 heterocycles. The van der Waals surface area contributed by atoms with Gasteiger partial charge >= 0.3 is 0 Å². The van der Waals surface area contributed by atoms with Gasteiger partial charge in [-0.2, -0.15) is 4.31 Å². The van der Waals surface area contributed by atoms with Gasteiger partial charge in [-0.3, -0.25) is 9.59 Å². The molecule has 2 atom stereocenters. The topological polar surface area (TPSA) is 86.8 Å². The van der Waals surface area contributed by atoms with E-state index in [1.165, 1.54) is 4.31 Å². The van der Waals surface area contributed by atoms with Crippen LogP contribution in [0.3, 0.4) is 0 Å². The van der Waals surface area contributed by atoms with E-state index in [-0.39, 0.29) is 28.7 Å². The zero-order valence-electron chi connectivity index (χ0n) is 20.2. The van der Waals surface area contributed by atoms with Gasteiger partial charge < -0.3 is 10.2 Å². The van der Waals surface area contributed by atoms with Crippen LogP contribution >= 0.6 is 0 Å². The summed E-state index contributed by atoms with van der Waals surface area (Å²) in [6.45, 7) is 7.44. The molecule has 1 aliphatic heterocycles. The number of piperidine rings is 1. The van der Waals surface area contributed by atoms with E-state index in [0.29, 0.717) is 32.6 Å². The number of amides is 2. The van der Waals surface area contributed by atoms with Crippen molar-refractivity contribution in [1.82, 2.24) is 14.5 Å². The summed E-state index contributed by atoms with van der Waals surface area (Å²) in [7, 11) is -3.51. The van der Waals surface area contributed by atoms with Crippen molar-refractivity contribution in [2.75, 3.05) is 26.2 Å². The van der Waals surface area contributed by atoms with Crippen LogP contribution in [0.5, 0.6) is 0 Å². The van der Waals surface area contributed by atoms with E-state index < -0.39 is 10.0 Å². The molecule has 0 saturated carbocycles. The lowest BCUT2D eigenvalue weighted by molar-refractivity contribution is -0.135. The fourth-order valence-electron chi connectivity index (χ4n) is 4.36. The van der Waals surface area contributed by atoms with E-state index in [1.807, 2.05) is 51.1 Å². The second-order valence-corrected chi connectivity index (χ2v) is 10.7. The quantitative estimate of drug-likeness (QED) is 0.590. The molecule has 0 spiro atoms. The molecule has 1 N–H and O–H groups in total. The van der Waals surface area contributed by atoms with Gasteiger partial charge in [-0.25, -0.2) is 8.42 Å². The first-order valence-corrected chi connectivity index (χ1v) is 13.4. The van der Waals surface area contributed by atoms with Gasteiger partial charge in [0.1, 0.15) is 0 Å². The lowest BCUT2D eigenvalue weighted by Crippen LogP contribution is -2.46. The number of nitrogens with zero attached hydrogens (tertiary/aromatic N) is 2. The number of hydrogen-bond donors (Lipinski definition) is 1. The standard InChI is InChI=1S/C26H35N3O4S/c1-4-29(5-2)34(32,33)24-15-13-22(14-16-24)20(3)27-26(31)23-12-9-17-28(19-23)25(30)18-21-10-7-6-8-11-21/h6-8,10-11,13-16,20,23H,4-5,9,12,17-19H2,1-3H3,(H,27,31). The highest BCUT2D eigenvalue weighted by molar-refractivity contribution is 7.89. The zero-order valence-corrected chi connectivity index (χ0v) is 21.1. The molecule has 0 bridgehead atoms. The third-order valence-corrected chi connectivity index (χ3v) is 8.49. The first-order chi connectivity index (χ1) is 16.3. The largest absolute Gasteiger partial charge is 0.349 e. The summed E-state index contributed by atoms with van der Waals surface area (Å²) in [6, 6.07) is 16.0. The molecule has 0 aromatic heterocycles. The van der Waals surface area contributed by atoms with Crippen molar-refractivity contribution in [3.05, 3.63) is 65.7 Å². The Labute approximate surface area is 203 Å². The Balaban J connectivity index is 1.59. The fraction of sp³-hybridized carbons (Fsp3) is 0.462. The molecule has 0 aliphatic carbocycles. The van der Waals surface area contributed by atoms with Crippen LogP contribution in [0.25, 0.3) is 0 Å². The van der Waals surface area contributed by atoms with Gasteiger partial charge in [0, 0.05) is 26.2 Å². The number of carbonyl (C=O) groups excluding carboxylic acids is 2. The summed E-state index contributed by atoms with van der Waals surface area (Å²) in [6.07, 6.45) is 1.88. The van der Waals surface area contributed by atoms with Gasteiger partial charge in [-0.1, -0.05) is 56.3 Å². The molecule has 8 heteroatoms. The average molecular weight is 486 g/mol. The number of rotatable bonds is 9. The third kappa shape index (κ3) is 6.24. The molecular formula is C26H35N3O4S. The first kappa shape index (κ1) is 25.9. The maximum absolute atomic E-state index is 12.9. The van der Waals surface area contributed by atoms with Crippen molar-refractivity contribution in [3.8, 4) is 0 Å². The molecule has 1 aliphatic rings. The Bertz CT molecular complexity index is 1070. The summed E-state index contributed by atoms with van der Waals surface area (Å²) in [5.74, 6) is -0.287. The predicted molar refractivity (Wildman–Crippen MR) is 133 cm³/mol. The highest BCUT2D eigenvalue weighted by atomic mass is 32.2. The lowest BCUT2D eigenvalue weighted by atomic mass is 9.95. The predicted octanol–water partition coefficient (Wildman–Crippen LogP) is 3.38. The van der Waals surface area contributed by atoms with Gasteiger partial charge in [0.05, 0.1) is 23.3 Å². The third-order valence-electron chi connectivity index (χ3n) is 6.43. The number of hydrogen-bond acceptors (Lipinski definition) is 4. The summed E-state index contributed by atoms with van der Waals surface area (Å²) >= 11 is 0. The van der Waals surface area contributed by atoms with Crippen molar-refractivity contribution in [3.63, 3.8) is 0 Å². The molecule has 34 heavy (non-hydrogen) atoms. The second kappa shape index (κ2) is 11.6. The van der Waals surface area contributed by atoms with Crippen molar-refractivity contribution in [2.45, 2.75) is 51.0 Å². The highest BCUT2D eigenvalue weighted by Crippen LogP contribution is 2.22. The minimum Gasteiger partial charge on any atom is -0.349 e. The van der Waals surface area contributed by atoms with Crippen LogP contribution in [0.2, 0.25) is 0 Å². The van der Waals surface area contributed by atoms with Crippen LogP contribution in [0.1, 0.15) is 50.8 Å². The number of carbonyl (C=O) groups is 2. The van der Waals surface area contributed by atoms with Crippen LogP contribution in [0, 0.1) is 5.92 Å². The molecular weight excluding hydrogens is 450 g/mol. The van der Waals surface area contributed by atoms with Crippen LogP contribution in [-0.2, 0) is 26.0 Å². The molecule has 1 saturated heterocycles. The zero-order chi connectivity index (χ0) is 24.7. The van der Waals surface area contributed by atoms with Gasteiger partial charge in [-0.05, 0) is 43.0 Å². The fourth-order valence-corrected chi connectivity index (χ4v) is 5.81. The van der Waals surface area contributed by atoms with Crippen LogP contribution in [-0.4, -0.2) is 55.6 Å². The van der Waals surface area contributed by atoms with E-state index >= 15 is 0 Å². The van der Waals surface area contributed by atoms with E-state index in [2.05, 4.69) is 5.32 Å². The Morgan fingerprint density at radius 3 is 2.32 bits per heavy atom. The van der Waals surface area contributed by atoms with Crippen LogP contribution in [0.4, 0.5) is 0 Å². The summed E-state index contributed by atoms with van der Waals surface area (Å²) in [4.78, 5) is 27.7. The molecule has 3 rings (SSSR count). The summed E-state index contributed by atoms with van der Waals surface area (Å²) in [5.41, 5.74) is 1.80. The second-order valence-electron chi connectivity index (χ2n) is 8.73. The van der Waals surface area contributed by atoms with E-state index in [9.17, 15) is 18.0 Å². The average Bonchev–Trinajstić information content (AvgIpc) is 2.85. The maximum atomic E-state index is 12.9. The van der Waals surface area contributed by atoms with Crippen LogP contribution in [0.15, 0.2) is 59.5 Å². The minimum atomic E-state index is -3.51. The van der Waals surface area contributed by atoms with E-state index in [1.54, 1.807) is 29.2 Å². The Hall–Kier alpha value is -2.71. The number of sulfonamides is 1. The monoisotopic (exact) mass is 485 g/mol. The summed E-state index contributed by atoms with van der Waals surface area (Å²) in [5, 5.41) is 3.04. The summed E-state index contributed by atoms with van der Waals surface area (Å²) < 4.78 is 26.8. The first-order valence-electron chi connectivity index (χ1n) is 12.0. The molecule has 2 aromatic rings. The SMILES string of the molecule is CCN(CC)S(=O)(=O)c1ccc(C(C)NC(=O)C2CCCN(C(=O)Cc3ccccc3)C2)cc1. The molecule has 184 valence electrons. The van der Waals surface area contributed by atoms with Crippen molar-refractivity contribution in [2.24, 2.45) is 5.92 Å². The number of likely N-dealkylation sites (tertiary alicyclic amines) is 1. The molecule has 0 radical (unpaired) electrons. The normalized spacial score (nSPS) is 17.4. The van der Waals surface area contributed by atoms with Gasteiger partial charge in [0.25, 0.3) is 0 Å². The van der Waals surface area contributed by atoms with Gasteiger partial charge in [-0.15, -0.1) is 0 Å². The van der Waals surface area contributed by atoms with Gasteiger partial charge in [0.2, 0.25) is 21.8 Å². The van der Waals surface area contributed by atoms with Gasteiger partial charge in [0.15, 0.2) is 0 Å². The molecule has 2 unspecified atom stereocenters.